The van der Waals surface area contributed by atoms with Gasteiger partial charge in [-0.2, -0.15) is 0 Å². The van der Waals surface area contributed by atoms with E-state index in [1.807, 2.05) is 12.1 Å². The fraction of sp³-hybridized carbons (Fsp3) is 0.529. The zero-order valence-corrected chi connectivity index (χ0v) is 15.1. The van der Waals surface area contributed by atoms with Gasteiger partial charge in [0.15, 0.2) is 5.71 Å². The molecule has 1 heterocycles. The normalized spacial score (nSPS) is 19.7. The van der Waals surface area contributed by atoms with Crippen LogP contribution < -0.4 is 0 Å². The van der Waals surface area contributed by atoms with Crippen LogP contribution in [0, 0.1) is 0 Å². The van der Waals surface area contributed by atoms with E-state index in [1.165, 1.54) is 11.3 Å². The van der Waals surface area contributed by atoms with E-state index < -0.39 is 5.97 Å². The van der Waals surface area contributed by atoms with Crippen LogP contribution in [0.3, 0.4) is 0 Å². The van der Waals surface area contributed by atoms with Gasteiger partial charge in [0.1, 0.15) is 7.05 Å². The van der Waals surface area contributed by atoms with Crippen LogP contribution in [0.5, 0.6) is 0 Å². The minimum absolute atomic E-state index is 0.0933. The quantitative estimate of drug-likeness (QED) is 0.228. The molecule has 0 aliphatic carbocycles. The molecule has 1 atom stereocenters. The molecule has 1 unspecified atom stereocenters. The van der Waals surface area contributed by atoms with Crippen molar-refractivity contribution in [3.05, 3.63) is 23.8 Å². The standard InChI is InChI=1S/C17H23NO5S/c1-12-17(2,10-6-4-5-7-16(19)20)14-11-13(24-23-22-21)8-9-15(14)18(12)3/h8-9,11H,4-7,10H2,1-3H3,(H-,19,20,21)/p+1. The number of benzene rings is 1. The smallest absolute Gasteiger partial charge is 0.303 e. The van der Waals surface area contributed by atoms with Gasteiger partial charge in [0.05, 0.1) is 17.5 Å². The fourth-order valence-electron chi connectivity index (χ4n) is 3.35. The van der Waals surface area contributed by atoms with E-state index in [0.717, 1.165) is 41.9 Å². The third-order valence-electron chi connectivity index (χ3n) is 4.95. The third-order valence-corrected chi connectivity index (χ3v) is 5.53. The number of hydrogen-bond donors (Lipinski definition) is 2. The minimum Gasteiger partial charge on any atom is -0.481 e. The van der Waals surface area contributed by atoms with Gasteiger partial charge in [0, 0.05) is 29.9 Å². The summed E-state index contributed by atoms with van der Waals surface area (Å²) >= 11 is 0.960. The molecule has 0 saturated heterocycles. The number of hydrogen-bond acceptors (Lipinski definition) is 5. The van der Waals surface area contributed by atoms with Crippen molar-refractivity contribution < 1.29 is 29.1 Å². The van der Waals surface area contributed by atoms with Crippen molar-refractivity contribution in [1.29, 1.82) is 0 Å². The Balaban J connectivity index is 2.13. The lowest BCUT2D eigenvalue weighted by Crippen LogP contribution is -2.29. The molecule has 2 rings (SSSR count). The third kappa shape index (κ3) is 3.97. The Morgan fingerprint density at radius 3 is 2.75 bits per heavy atom. The second kappa shape index (κ2) is 8.11. The molecule has 0 radical (unpaired) electrons. The summed E-state index contributed by atoms with van der Waals surface area (Å²) in [7, 11) is 2.06. The first kappa shape index (κ1) is 18.9. The largest absolute Gasteiger partial charge is 0.481 e. The van der Waals surface area contributed by atoms with Gasteiger partial charge < -0.3 is 5.11 Å². The molecule has 7 heteroatoms. The summed E-state index contributed by atoms with van der Waals surface area (Å²) in [4.78, 5) is 11.5. The topological polar surface area (TPSA) is 79.0 Å². The van der Waals surface area contributed by atoms with E-state index in [2.05, 4.69) is 40.9 Å². The SMILES string of the molecule is CC1=[N+](C)c2ccc(SOOO)cc2C1(C)CCCCCC(=O)O. The molecule has 2 N–H and O–H groups in total. The molecule has 1 aliphatic heterocycles. The second-order valence-electron chi connectivity index (χ2n) is 6.34. The Hall–Kier alpha value is -1.41. The van der Waals surface area contributed by atoms with Gasteiger partial charge in [0.2, 0.25) is 5.69 Å². The minimum atomic E-state index is -0.734. The Kier molecular flexibility index (Phi) is 6.40. The highest BCUT2D eigenvalue weighted by Crippen LogP contribution is 2.44. The molecule has 1 aliphatic rings. The van der Waals surface area contributed by atoms with Gasteiger partial charge in [-0.25, -0.2) is 9.83 Å². The van der Waals surface area contributed by atoms with E-state index in [-0.39, 0.29) is 11.8 Å². The fourth-order valence-corrected chi connectivity index (χ4v) is 3.75. The van der Waals surface area contributed by atoms with Gasteiger partial charge in [-0.15, -0.1) is 4.33 Å². The van der Waals surface area contributed by atoms with E-state index in [4.69, 9.17) is 10.4 Å². The van der Waals surface area contributed by atoms with Crippen LogP contribution in [0.2, 0.25) is 0 Å². The maximum Gasteiger partial charge on any atom is 0.303 e. The summed E-state index contributed by atoms with van der Waals surface area (Å²) in [6.45, 7) is 4.36. The molecule has 24 heavy (non-hydrogen) atoms. The lowest BCUT2D eigenvalue weighted by atomic mass is 9.76. The molecular formula is C17H24NO5S+. The van der Waals surface area contributed by atoms with Gasteiger partial charge in [-0.05, 0) is 31.9 Å². The van der Waals surface area contributed by atoms with Crippen molar-refractivity contribution in [2.45, 2.75) is 56.3 Å². The number of nitrogens with zero attached hydrogens (tertiary/aromatic N) is 1. The Labute approximate surface area is 146 Å². The first-order valence-electron chi connectivity index (χ1n) is 7.99. The average Bonchev–Trinajstić information content (AvgIpc) is 2.74. The zero-order chi connectivity index (χ0) is 17.7. The highest BCUT2D eigenvalue weighted by Gasteiger charge is 2.44. The first-order valence-corrected chi connectivity index (χ1v) is 8.73. The molecule has 1 aromatic rings. The number of unbranched alkanes of at least 4 members (excludes halogenated alkanes) is 2. The molecule has 0 spiro atoms. The van der Waals surface area contributed by atoms with Gasteiger partial charge in [-0.3, -0.25) is 4.79 Å². The number of carboxylic acid groups (broad SMARTS) is 1. The molecule has 0 bridgehead atoms. The number of aliphatic carboxylic acids is 1. The van der Waals surface area contributed by atoms with E-state index in [0.29, 0.717) is 6.42 Å². The van der Waals surface area contributed by atoms with Crippen molar-refractivity contribution in [3.63, 3.8) is 0 Å². The van der Waals surface area contributed by atoms with Crippen LogP contribution in [0.1, 0.15) is 51.5 Å². The monoisotopic (exact) mass is 354 g/mol. The molecule has 0 amide bonds. The van der Waals surface area contributed by atoms with Crippen LogP contribution in [-0.4, -0.2) is 33.7 Å². The summed E-state index contributed by atoms with van der Waals surface area (Å²) in [6, 6.07) is 6.02. The molecule has 0 aromatic heterocycles. The lowest BCUT2D eigenvalue weighted by Gasteiger charge is -2.22. The van der Waals surface area contributed by atoms with Crippen molar-refractivity contribution in [2.24, 2.45) is 0 Å². The maximum absolute atomic E-state index is 10.6. The summed E-state index contributed by atoms with van der Waals surface area (Å²) in [6.07, 6.45) is 3.79. The van der Waals surface area contributed by atoms with Crippen molar-refractivity contribution >= 4 is 29.4 Å². The molecule has 1 aromatic carbocycles. The van der Waals surface area contributed by atoms with Crippen LogP contribution >= 0.6 is 12.0 Å². The van der Waals surface area contributed by atoms with E-state index >= 15 is 0 Å². The predicted octanol–water partition coefficient (Wildman–Crippen LogP) is 4.16. The van der Waals surface area contributed by atoms with E-state index in [1.54, 1.807) is 0 Å². The van der Waals surface area contributed by atoms with Crippen molar-refractivity contribution in [2.75, 3.05) is 7.05 Å². The molecular weight excluding hydrogens is 330 g/mol. The van der Waals surface area contributed by atoms with E-state index in [9.17, 15) is 4.79 Å². The first-order chi connectivity index (χ1) is 11.4. The zero-order valence-electron chi connectivity index (χ0n) is 14.2. The summed E-state index contributed by atoms with van der Waals surface area (Å²) in [5.74, 6) is -0.734. The second-order valence-corrected chi connectivity index (χ2v) is 7.11. The van der Waals surface area contributed by atoms with Gasteiger partial charge in [-0.1, -0.05) is 17.9 Å². The summed E-state index contributed by atoms with van der Waals surface area (Å²) in [5.41, 5.74) is 3.56. The van der Waals surface area contributed by atoms with Gasteiger partial charge in [0.25, 0.3) is 0 Å². The number of fused-ring (bicyclic) bond motifs is 1. The Morgan fingerprint density at radius 1 is 1.33 bits per heavy atom. The van der Waals surface area contributed by atoms with Crippen molar-refractivity contribution in [1.82, 2.24) is 0 Å². The molecule has 0 fully saturated rings. The highest BCUT2D eigenvalue weighted by molar-refractivity contribution is 7.94. The number of rotatable bonds is 9. The molecule has 0 saturated carbocycles. The van der Waals surface area contributed by atoms with Crippen LogP contribution in [-0.2, 0) is 19.6 Å². The number of carboxylic acids is 1. The predicted molar refractivity (Wildman–Crippen MR) is 91.7 cm³/mol. The Bertz CT molecular complexity index is 646. The van der Waals surface area contributed by atoms with Crippen molar-refractivity contribution in [3.8, 4) is 0 Å². The Morgan fingerprint density at radius 2 is 2.08 bits per heavy atom. The summed E-state index contributed by atoms with van der Waals surface area (Å²) in [5, 5.41) is 20.7. The lowest BCUT2D eigenvalue weighted by molar-refractivity contribution is -0.432. The highest BCUT2D eigenvalue weighted by atomic mass is 32.2. The van der Waals surface area contributed by atoms with Crippen LogP contribution in [0.25, 0.3) is 0 Å². The molecule has 6 nitrogen and oxygen atoms in total. The van der Waals surface area contributed by atoms with Gasteiger partial charge >= 0.3 is 5.97 Å². The number of carbonyl (C=O) groups is 1. The maximum atomic E-state index is 10.6. The van der Waals surface area contributed by atoms with Crippen LogP contribution in [0.15, 0.2) is 23.1 Å². The average molecular weight is 354 g/mol. The summed E-state index contributed by atoms with van der Waals surface area (Å²) < 4.78 is 6.73. The molecule has 132 valence electrons. The van der Waals surface area contributed by atoms with Crippen LogP contribution in [0.4, 0.5) is 5.69 Å².